The van der Waals surface area contributed by atoms with Gasteiger partial charge in [-0.05, 0) is 31.2 Å². The summed E-state index contributed by atoms with van der Waals surface area (Å²) in [4.78, 5) is 12.1. The molecule has 0 atom stereocenters. The largest absolute Gasteiger partial charge is 0.351 e. The summed E-state index contributed by atoms with van der Waals surface area (Å²) in [5.41, 5.74) is 1.16. The highest BCUT2D eigenvalue weighted by Crippen LogP contribution is 2.15. The second-order valence-corrected chi connectivity index (χ2v) is 6.37. The SMILES string of the molecule is CCNCCNC(=O)c1cc(S(C)(=O)=O)ccc1C.Cl. The van der Waals surface area contributed by atoms with E-state index in [1.165, 1.54) is 12.1 Å². The van der Waals surface area contributed by atoms with Crippen LogP contribution in [-0.2, 0) is 9.84 Å². The summed E-state index contributed by atoms with van der Waals surface area (Å²) in [5.74, 6) is -0.249. The molecule has 0 heterocycles. The molecule has 1 rings (SSSR count). The Labute approximate surface area is 126 Å². The van der Waals surface area contributed by atoms with Gasteiger partial charge >= 0.3 is 0 Å². The molecule has 0 radical (unpaired) electrons. The van der Waals surface area contributed by atoms with Gasteiger partial charge in [-0.1, -0.05) is 13.0 Å². The lowest BCUT2D eigenvalue weighted by Gasteiger charge is -2.09. The molecule has 0 fully saturated rings. The van der Waals surface area contributed by atoms with Crippen LogP contribution >= 0.6 is 12.4 Å². The summed E-state index contributed by atoms with van der Waals surface area (Å²) >= 11 is 0. The first-order chi connectivity index (χ1) is 8.86. The van der Waals surface area contributed by atoms with Crippen LogP contribution in [0.1, 0.15) is 22.8 Å². The third-order valence-electron chi connectivity index (χ3n) is 2.72. The maximum atomic E-state index is 12.0. The van der Waals surface area contributed by atoms with Crippen molar-refractivity contribution in [3.63, 3.8) is 0 Å². The molecule has 1 aromatic rings. The second kappa shape index (κ2) is 8.24. The van der Waals surface area contributed by atoms with E-state index in [9.17, 15) is 13.2 Å². The number of halogens is 1. The zero-order valence-electron chi connectivity index (χ0n) is 11.9. The highest BCUT2D eigenvalue weighted by Gasteiger charge is 2.13. The van der Waals surface area contributed by atoms with Gasteiger partial charge in [0, 0.05) is 24.9 Å². The number of hydrogen-bond donors (Lipinski definition) is 2. The average molecular weight is 321 g/mol. The first-order valence-corrected chi connectivity index (χ1v) is 8.05. The van der Waals surface area contributed by atoms with Gasteiger partial charge in [0.1, 0.15) is 0 Å². The van der Waals surface area contributed by atoms with Crippen LogP contribution < -0.4 is 10.6 Å². The smallest absolute Gasteiger partial charge is 0.251 e. The van der Waals surface area contributed by atoms with Crippen molar-refractivity contribution >= 4 is 28.2 Å². The van der Waals surface area contributed by atoms with Crippen molar-refractivity contribution < 1.29 is 13.2 Å². The van der Waals surface area contributed by atoms with Gasteiger partial charge in [-0.2, -0.15) is 0 Å². The molecule has 114 valence electrons. The van der Waals surface area contributed by atoms with Crippen LogP contribution in [0.5, 0.6) is 0 Å². The lowest BCUT2D eigenvalue weighted by molar-refractivity contribution is 0.0953. The predicted octanol–water partition coefficient (Wildman–Crippen LogP) is 1.16. The number of hydrogen-bond acceptors (Lipinski definition) is 4. The Morgan fingerprint density at radius 1 is 1.25 bits per heavy atom. The van der Waals surface area contributed by atoms with Crippen molar-refractivity contribution in [2.24, 2.45) is 0 Å². The molecule has 0 aliphatic rings. The zero-order valence-corrected chi connectivity index (χ0v) is 13.5. The Morgan fingerprint density at radius 3 is 2.45 bits per heavy atom. The van der Waals surface area contributed by atoms with E-state index in [1.54, 1.807) is 13.0 Å². The van der Waals surface area contributed by atoms with Gasteiger partial charge in [0.15, 0.2) is 9.84 Å². The maximum Gasteiger partial charge on any atom is 0.251 e. The van der Waals surface area contributed by atoms with Gasteiger partial charge in [-0.3, -0.25) is 4.79 Å². The molecule has 5 nitrogen and oxygen atoms in total. The summed E-state index contributed by atoms with van der Waals surface area (Å²) in [7, 11) is -3.30. The number of amides is 1. The minimum Gasteiger partial charge on any atom is -0.351 e. The molecule has 0 spiro atoms. The molecule has 1 aromatic carbocycles. The highest BCUT2D eigenvalue weighted by molar-refractivity contribution is 7.90. The van der Waals surface area contributed by atoms with Crippen LogP contribution in [0.15, 0.2) is 23.1 Å². The van der Waals surface area contributed by atoms with Gasteiger partial charge in [0.05, 0.1) is 4.90 Å². The third-order valence-corrected chi connectivity index (χ3v) is 3.83. The Morgan fingerprint density at radius 2 is 1.90 bits per heavy atom. The lowest BCUT2D eigenvalue weighted by Crippen LogP contribution is -2.32. The Balaban J connectivity index is 0.00000361. The number of nitrogens with one attached hydrogen (secondary N) is 2. The molecule has 2 N–H and O–H groups in total. The minimum absolute atomic E-state index is 0. The fourth-order valence-electron chi connectivity index (χ4n) is 1.61. The van der Waals surface area contributed by atoms with Crippen LogP contribution in [0.2, 0.25) is 0 Å². The molecule has 20 heavy (non-hydrogen) atoms. The van der Waals surface area contributed by atoms with Crippen LogP contribution in [0, 0.1) is 6.92 Å². The summed E-state index contributed by atoms with van der Waals surface area (Å²) < 4.78 is 23.0. The predicted molar refractivity (Wildman–Crippen MR) is 82.4 cm³/mol. The van der Waals surface area contributed by atoms with Gasteiger partial charge in [-0.15, -0.1) is 12.4 Å². The van der Waals surface area contributed by atoms with E-state index in [0.717, 1.165) is 18.4 Å². The Bertz CT molecular complexity index is 559. The maximum absolute atomic E-state index is 12.0. The molecule has 0 saturated carbocycles. The van der Waals surface area contributed by atoms with Crippen molar-refractivity contribution in [2.75, 3.05) is 25.9 Å². The fraction of sp³-hybridized carbons (Fsp3) is 0.462. The van der Waals surface area contributed by atoms with E-state index >= 15 is 0 Å². The van der Waals surface area contributed by atoms with Crippen molar-refractivity contribution in [3.05, 3.63) is 29.3 Å². The Kier molecular flexibility index (Phi) is 7.78. The fourth-order valence-corrected chi connectivity index (χ4v) is 2.26. The van der Waals surface area contributed by atoms with Crippen molar-refractivity contribution in [1.82, 2.24) is 10.6 Å². The molecule has 0 saturated heterocycles. The quantitative estimate of drug-likeness (QED) is 0.771. The molecule has 0 bridgehead atoms. The number of carbonyl (C=O) groups is 1. The number of benzene rings is 1. The van der Waals surface area contributed by atoms with Crippen molar-refractivity contribution in [1.29, 1.82) is 0 Å². The summed E-state index contributed by atoms with van der Waals surface area (Å²) in [6.45, 7) is 5.81. The first kappa shape index (κ1) is 18.9. The minimum atomic E-state index is -3.30. The van der Waals surface area contributed by atoms with Gasteiger partial charge in [0.25, 0.3) is 5.91 Å². The van der Waals surface area contributed by atoms with Crippen LogP contribution in [0.4, 0.5) is 0 Å². The molecular weight excluding hydrogens is 300 g/mol. The van der Waals surface area contributed by atoms with Crippen LogP contribution in [-0.4, -0.2) is 40.2 Å². The normalized spacial score (nSPS) is 10.8. The standard InChI is InChI=1S/C13H20N2O3S.ClH/c1-4-14-7-8-15-13(16)12-9-11(19(3,17)18)6-5-10(12)2;/h5-6,9,14H,4,7-8H2,1-3H3,(H,15,16);1H. The van der Waals surface area contributed by atoms with Crippen molar-refractivity contribution in [2.45, 2.75) is 18.7 Å². The Hall–Kier alpha value is -1.11. The molecule has 0 aliphatic carbocycles. The number of sulfone groups is 1. The third kappa shape index (κ3) is 5.48. The van der Waals surface area contributed by atoms with Crippen molar-refractivity contribution in [3.8, 4) is 0 Å². The molecule has 0 aliphatic heterocycles. The zero-order chi connectivity index (χ0) is 14.5. The first-order valence-electron chi connectivity index (χ1n) is 6.16. The van der Waals surface area contributed by atoms with Crippen LogP contribution in [0.25, 0.3) is 0 Å². The monoisotopic (exact) mass is 320 g/mol. The number of rotatable bonds is 6. The molecule has 1 amide bonds. The topological polar surface area (TPSA) is 75.3 Å². The highest BCUT2D eigenvalue weighted by atomic mass is 35.5. The molecule has 0 unspecified atom stereocenters. The second-order valence-electron chi connectivity index (χ2n) is 4.36. The van der Waals surface area contributed by atoms with E-state index in [2.05, 4.69) is 10.6 Å². The van der Waals surface area contributed by atoms with E-state index in [-0.39, 0.29) is 23.2 Å². The van der Waals surface area contributed by atoms with Gasteiger partial charge < -0.3 is 10.6 Å². The summed E-state index contributed by atoms with van der Waals surface area (Å²) in [6, 6.07) is 4.59. The number of carbonyl (C=O) groups excluding carboxylic acids is 1. The number of likely N-dealkylation sites (N-methyl/N-ethyl adjacent to an activating group) is 1. The van der Waals surface area contributed by atoms with Crippen LogP contribution in [0.3, 0.4) is 0 Å². The summed E-state index contributed by atoms with van der Waals surface area (Å²) in [6.07, 6.45) is 1.13. The van der Waals surface area contributed by atoms with E-state index in [0.29, 0.717) is 18.7 Å². The van der Waals surface area contributed by atoms with Gasteiger partial charge in [0.2, 0.25) is 0 Å². The van der Waals surface area contributed by atoms with E-state index in [1.807, 2.05) is 6.92 Å². The van der Waals surface area contributed by atoms with E-state index in [4.69, 9.17) is 0 Å². The molecule has 0 aromatic heterocycles. The molecular formula is C13H21ClN2O3S. The molecule has 7 heteroatoms. The van der Waals surface area contributed by atoms with E-state index < -0.39 is 9.84 Å². The summed E-state index contributed by atoms with van der Waals surface area (Å²) in [5, 5.41) is 5.85. The number of aryl methyl sites for hydroxylation is 1. The lowest BCUT2D eigenvalue weighted by atomic mass is 10.1. The van der Waals surface area contributed by atoms with Gasteiger partial charge in [-0.25, -0.2) is 8.42 Å². The average Bonchev–Trinajstić information content (AvgIpc) is 2.33.